The fourth-order valence-corrected chi connectivity index (χ4v) is 4.47. The molecule has 0 aliphatic heterocycles. The van der Waals surface area contributed by atoms with Crippen molar-refractivity contribution < 1.29 is 8.39 Å². The first kappa shape index (κ1) is 14.4. The van der Waals surface area contributed by atoms with Crippen LogP contribution in [0.5, 0.6) is 0 Å². The highest BCUT2D eigenvalue weighted by atomic mass is 31.1. The van der Waals surface area contributed by atoms with Gasteiger partial charge in [0.15, 0.2) is 0 Å². The van der Waals surface area contributed by atoms with Gasteiger partial charge >= 0.3 is 0 Å². The van der Waals surface area contributed by atoms with E-state index in [1.54, 1.807) is 0 Å². The second kappa shape index (κ2) is 5.30. The Hall–Kier alpha value is -2.90. The fraction of sp³-hybridized carbons (Fsp3) is 0.0476. The van der Waals surface area contributed by atoms with Gasteiger partial charge in [0, 0.05) is 33.9 Å². The summed E-state index contributed by atoms with van der Waals surface area (Å²) in [7, 11) is -1.07. The summed E-state index contributed by atoms with van der Waals surface area (Å²) in [4.78, 5) is 0. The summed E-state index contributed by atoms with van der Waals surface area (Å²) < 4.78 is 12.4. The van der Waals surface area contributed by atoms with Crippen LogP contribution >= 0.6 is 8.01 Å². The molecule has 0 saturated heterocycles. The average Bonchev–Trinajstić information content (AvgIpc) is 2.78. The van der Waals surface area contributed by atoms with E-state index in [9.17, 15) is 0 Å². The van der Waals surface area contributed by atoms with E-state index in [0.717, 1.165) is 43.8 Å². The monoisotopic (exact) mass is 345 g/mol. The number of benzene rings is 4. The van der Waals surface area contributed by atoms with Gasteiger partial charge in [-0.25, -0.2) is 0 Å². The number of nitrogen functional groups attached to an aromatic ring is 1. The molecule has 25 heavy (non-hydrogen) atoms. The van der Waals surface area contributed by atoms with Crippen molar-refractivity contribution in [3.63, 3.8) is 0 Å². The van der Waals surface area contributed by atoms with E-state index in [2.05, 4.69) is 24.3 Å². The standard InChI is InChI=1S/C21H16NO2P/c1-25-23-19-11-10-13-6-2-3-7-14(13)20(19)17-12-18(22)15-8-4-5-9-16(15)21(17)24-25/h2-12H,22H2,1H3. The van der Waals surface area contributed by atoms with E-state index in [-0.39, 0.29) is 0 Å². The van der Waals surface area contributed by atoms with Gasteiger partial charge in [0.05, 0.1) is 0 Å². The molecule has 4 heteroatoms. The summed E-state index contributed by atoms with van der Waals surface area (Å²) in [5, 5.41) is 6.39. The maximum absolute atomic E-state index is 6.38. The number of nitrogens with two attached hydrogens (primary N) is 1. The van der Waals surface area contributed by atoms with Crippen molar-refractivity contribution in [1.82, 2.24) is 0 Å². The van der Waals surface area contributed by atoms with Crippen molar-refractivity contribution >= 4 is 57.2 Å². The summed E-state index contributed by atoms with van der Waals surface area (Å²) in [6.45, 7) is 1.98. The lowest BCUT2D eigenvalue weighted by atomic mass is 9.99. The molecule has 0 amide bonds. The lowest BCUT2D eigenvalue weighted by Gasteiger charge is -2.06. The third-order valence-electron chi connectivity index (χ3n) is 4.63. The van der Waals surface area contributed by atoms with E-state index >= 15 is 0 Å². The number of hydrogen-bond donors (Lipinski definition) is 1. The topological polar surface area (TPSA) is 52.3 Å². The third-order valence-corrected chi connectivity index (χ3v) is 5.53. The van der Waals surface area contributed by atoms with Crippen molar-refractivity contribution in [2.24, 2.45) is 6.66 Å². The number of fused-ring (bicyclic) bond motifs is 7. The molecule has 4 aromatic carbocycles. The molecule has 5 rings (SSSR count). The lowest BCUT2D eigenvalue weighted by Crippen LogP contribution is -1.88. The number of aryl methyl sites for hydroxylation is 1. The quantitative estimate of drug-likeness (QED) is 0.317. The van der Waals surface area contributed by atoms with E-state index < -0.39 is 8.01 Å². The molecule has 1 heterocycles. The van der Waals surface area contributed by atoms with Gasteiger partial charge < -0.3 is 14.1 Å². The molecule has 1 unspecified atom stereocenters. The van der Waals surface area contributed by atoms with Crippen molar-refractivity contribution in [2.45, 2.75) is 0 Å². The molecule has 0 saturated carbocycles. The van der Waals surface area contributed by atoms with E-state index in [1.165, 1.54) is 5.39 Å². The normalized spacial score (nSPS) is 12.3. The van der Waals surface area contributed by atoms with Crippen LogP contribution in [-0.4, -0.2) is 0 Å². The van der Waals surface area contributed by atoms with Crippen LogP contribution in [0.25, 0.3) is 43.5 Å². The van der Waals surface area contributed by atoms with Crippen LogP contribution in [0.15, 0.2) is 75.1 Å². The Morgan fingerprint density at radius 2 is 1.48 bits per heavy atom. The van der Waals surface area contributed by atoms with Gasteiger partial charge in [0.25, 0.3) is 0 Å². The number of hydrogen-bond acceptors (Lipinski definition) is 3. The number of anilines is 1. The molecule has 5 aromatic rings. The van der Waals surface area contributed by atoms with Gasteiger partial charge in [0.2, 0.25) is 8.01 Å². The average molecular weight is 345 g/mol. The molecule has 0 fully saturated rings. The predicted molar refractivity (Wildman–Crippen MR) is 107 cm³/mol. The van der Waals surface area contributed by atoms with Gasteiger partial charge in [-0.05, 0) is 22.9 Å². The van der Waals surface area contributed by atoms with E-state index in [1.807, 2.05) is 49.1 Å². The summed E-state index contributed by atoms with van der Waals surface area (Å²) >= 11 is 0. The van der Waals surface area contributed by atoms with Crippen molar-refractivity contribution in [2.75, 3.05) is 5.73 Å². The van der Waals surface area contributed by atoms with Gasteiger partial charge in [-0.2, -0.15) is 0 Å². The first-order valence-electron chi connectivity index (χ1n) is 8.15. The van der Waals surface area contributed by atoms with Crippen molar-refractivity contribution in [3.8, 4) is 0 Å². The molecule has 2 N–H and O–H groups in total. The second-order valence-electron chi connectivity index (χ2n) is 6.17. The Morgan fingerprint density at radius 3 is 2.32 bits per heavy atom. The Balaban J connectivity index is 2.20. The van der Waals surface area contributed by atoms with Gasteiger partial charge in [-0.1, -0.05) is 54.6 Å². The Kier molecular flexibility index (Phi) is 3.06. The molecular formula is C21H16NO2P. The van der Waals surface area contributed by atoms with Crippen molar-refractivity contribution in [1.29, 1.82) is 0 Å². The van der Waals surface area contributed by atoms with Crippen LogP contribution in [0.3, 0.4) is 0 Å². The Morgan fingerprint density at radius 1 is 0.760 bits per heavy atom. The minimum Gasteiger partial charge on any atom is -0.419 e. The molecular weight excluding hydrogens is 329 g/mol. The first-order valence-corrected chi connectivity index (χ1v) is 9.78. The van der Waals surface area contributed by atoms with Crippen LogP contribution in [-0.2, 0) is 6.66 Å². The fourth-order valence-electron chi connectivity index (χ4n) is 3.55. The minimum absolute atomic E-state index is 0.749. The van der Waals surface area contributed by atoms with Crippen molar-refractivity contribution in [3.05, 3.63) is 66.7 Å². The van der Waals surface area contributed by atoms with Gasteiger partial charge in [-0.15, -0.1) is 0 Å². The van der Waals surface area contributed by atoms with Crippen LogP contribution in [0, 0.1) is 0 Å². The molecule has 0 aliphatic rings. The zero-order valence-electron chi connectivity index (χ0n) is 13.7. The maximum Gasteiger partial charge on any atom is 0.213 e. The largest absolute Gasteiger partial charge is 0.419 e. The summed E-state index contributed by atoms with van der Waals surface area (Å²) in [6.07, 6.45) is 0. The molecule has 1 atom stereocenters. The molecule has 0 radical (unpaired) electrons. The predicted octanol–water partition coefficient (Wildman–Crippen LogP) is 6.72. The lowest BCUT2D eigenvalue weighted by molar-refractivity contribution is 0.646. The molecule has 0 spiro atoms. The van der Waals surface area contributed by atoms with Crippen LogP contribution in [0.4, 0.5) is 5.69 Å². The summed E-state index contributed by atoms with van der Waals surface area (Å²) in [5.74, 6) is 0. The van der Waals surface area contributed by atoms with Crippen LogP contribution in [0.2, 0.25) is 0 Å². The summed E-state index contributed by atoms with van der Waals surface area (Å²) in [6, 6.07) is 22.6. The highest BCUT2D eigenvalue weighted by molar-refractivity contribution is 7.35. The number of rotatable bonds is 0. The smallest absolute Gasteiger partial charge is 0.213 e. The van der Waals surface area contributed by atoms with Gasteiger partial charge in [-0.3, -0.25) is 0 Å². The molecule has 0 aliphatic carbocycles. The minimum atomic E-state index is -1.07. The van der Waals surface area contributed by atoms with Gasteiger partial charge in [0.1, 0.15) is 11.2 Å². The second-order valence-corrected chi connectivity index (χ2v) is 7.41. The summed E-state index contributed by atoms with van der Waals surface area (Å²) in [5.41, 5.74) is 8.83. The first-order chi connectivity index (χ1) is 12.2. The Bertz CT molecular complexity index is 1320. The van der Waals surface area contributed by atoms with Crippen LogP contribution in [0.1, 0.15) is 0 Å². The highest BCUT2D eigenvalue weighted by Crippen LogP contribution is 2.40. The molecule has 122 valence electrons. The Labute approximate surface area is 145 Å². The zero-order valence-corrected chi connectivity index (χ0v) is 14.6. The molecule has 1 aromatic heterocycles. The zero-order chi connectivity index (χ0) is 17.0. The molecule has 3 nitrogen and oxygen atoms in total. The van der Waals surface area contributed by atoms with Crippen LogP contribution < -0.4 is 5.73 Å². The van der Waals surface area contributed by atoms with E-state index in [0.29, 0.717) is 0 Å². The van der Waals surface area contributed by atoms with E-state index in [4.69, 9.17) is 14.1 Å². The SMILES string of the molecule is Cp1oc2ccc3ccccc3c2c2cc(N)c3ccccc3c2o1. The highest BCUT2D eigenvalue weighted by Gasteiger charge is 2.12. The molecule has 0 bridgehead atoms. The maximum atomic E-state index is 6.38. The third kappa shape index (κ3) is 2.13.